The fraction of sp³-hybridized carbons (Fsp3) is 0.579. The van der Waals surface area contributed by atoms with Gasteiger partial charge in [0.2, 0.25) is 5.91 Å². The van der Waals surface area contributed by atoms with E-state index in [9.17, 15) is 9.59 Å². The molecule has 0 atom stereocenters. The smallest absolute Gasteiger partial charge is 0.409 e. The fourth-order valence-corrected chi connectivity index (χ4v) is 2.83. The molecular weight excluding hydrogens is 356 g/mol. The average molecular weight is 383 g/mol. The van der Waals surface area contributed by atoms with Crippen molar-refractivity contribution in [2.24, 2.45) is 5.92 Å². The van der Waals surface area contributed by atoms with Crippen LogP contribution in [0.4, 0.5) is 4.79 Å². The van der Waals surface area contributed by atoms with Crippen LogP contribution in [0.2, 0.25) is 5.02 Å². The zero-order chi connectivity index (χ0) is 18.9. The molecule has 1 fully saturated rings. The van der Waals surface area contributed by atoms with Crippen LogP contribution in [0.3, 0.4) is 0 Å². The highest BCUT2D eigenvalue weighted by Crippen LogP contribution is 2.17. The number of rotatable bonds is 6. The first-order valence-electron chi connectivity index (χ1n) is 9.03. The minimum absolute atomic E-state index is 0.0319. The van der Waals surface area contributed by atoms with Gasteiger partial charge >= 0.3 is 6.09 Å². The van der Waals surface area contributed by atoms with Crippen LogP contribution in [0.15, 0.2) is 24.3 Å². The number of hydrogen-bond donors (Lipinski definition) is 0. The Morgan fingerprint density at radius 2 is 1.88 bits per heavy atom. The zero-order valence-electron chi connectivity index (χ0n) is 15.4. The number of carbonyl (C=O) groups is 2. The van der Waals surface area contributed by atoms with Gasteiger partial charge in [0.15, 0.2) is 0 Å². The summed E-state index contributed by atoms with van der Waals surface area (Å²) in [4.78, 5) is 27.9. The minimum Gasteiger partial charge on any atom is -0.493 e. The predicted molar refractivity (Wildman–Crippen MR) is 101 cm³/mol. The molecule has 1 aromatic carbocycles. The molecule has 0 spiro atoms. The standard InChI is InChI=1S/C19H27ClN2O4/c1-15(2)14-26-19(24)22-9-4-8-21(10-11-22)18(23)7-12-25-17-6-3-5-16(20)13-17/h3,5-6,13,15H,4,7-12,14H2,1-2H3. The van der Waals surface area contributed by atoms with Crippen molar-refractivity contribution in [3.63, 3.8) is 0 Å². The first kappa shape index (κ1) is 20.4. The third-order valence-electron chi connectivity index (χ3n) is 4.03. The first-order valence-corrected chi connectivity index (χ1v) is 9.41. The van der Waals surface area contributed by atoms with Gasteiger partial charge in [0.05, 0.1) is 19.6 Å². The second-order valence-electron chi connectivity index (χ2n) is 6.75. The van der Waals surface area contributed by atoms with Crippen molar-refractivity contribution in [3.8, 4) is 5.75 Å². The molecule has 1 heterocycles. The molecule has 0 bridgehead atoms. The van der Waals surface area contributed by atoms with Crippen molar-refractivity contribution in [1.82, 2.24) is 9.80 Å². The van der Waals surface area contributed by atoms with Gasteiger partial charge in [-0.05, 0) is 30.5 Å². The molecule has 26 heavy (non-hydrogen) atoms. The summed E-state index contributed by atoms with van der Waals surface area (Å²) in [7, 11) is 0. The highest BCUT2D eigenvalue weighted by Gasteiger charge is 2.22. The molecule has 0 N–H and O–H groups in total. The third kappa shape index (κ3) is 6.75. The lowest BCUT2D eigenvalue weighted by Gasteiger charge is -2.22. The van der Waals surface area contributed by atoms with Gasteiger partial charge in [-0.2, -0.15) is 0 Å². The largest absolute Gasteiger partial charge is 0.493 e. The van der Waals surface area contributed by atoms with E-state index < -0.39 is 0 Å². The fourth-order valence-electron chi connectivity index (χ4n) is 2.65. The van der Waals surface area contributed by atoms with Crippen LogP contribution in [0.25, 0.3) is 0 Å². The SMILES string of the molecule is CC(C)COC(=O)N1CCCN(C(=O)CCOc2cccc(Cl)c2)CC1. The van der Waals surface area contributed by atoms with Gasteiger partial charge in [0.1, 0.15) is 5.75 Å². The molecule has 1 aliphatic heterocycles. The van der Waals surface area contributed by atoms with E-state index in [0.29, 0.717) is 62.5 Å². The Balaban J connectivity index is 1.73. The highest BCUT2D eigenvalue weighted by atomic mass is 35.5. The van der Waals surface area contributed by atoms with Gasteiger partial charge in [0, 0.05) is 31.2 Å². The summed E-state index contributed by atoms with van der Waals surface area (Å²) in [6, 6.07) is 7.11. The maximum atomic E-state index is 12.4. The summed E-state index contributed by atoms with van der Waals surface area (Å²) < 4.78 is 10.8. The monoisotopic (exact) mass is 382 g/mol. The van der Waals surface area contributed by atoms with Gasteiger partial charge in [-0.15, -0.1) is 0 Å². The van der Waals surface area contributed by atoms with E-state index in [1.165, 1.54) is 0 Å². The summed E-state index contributed by atoms with van der Waals surface area (Å²) in [5.41, 5.74) is 0. The van der Waals surface area contributed by atoms with Crippen LogP contribution in [0, 0.1) is 5.92 Å². The average Bonchev–Trinajstić information content (AvgIpc) is 2.86. The number of carbonyl (C=O) groups excluding carboxylic acids is 2. The summed E-state index contributed by atoms with van der Waals surface area (Å²) in [6.07, 6.45) is 0.749. The second kappa shape index (κ2) is 10.3. The Morgan fingerprint density at radius 1 is 1.15 bits per heavy atom. The van der Waals surface area contributed by atoms with E-state index in [2.05, 4.69) is 0 Å². The lowest BCUT2D eigenvalue weighted by Crippen LogP contribution is -2.38. The van der Waals surface area contributed by atoms with Crippen LogP contribution in [-0.2, 0) is 9.53 Å². The number of benzene rings is 1. The zero-order valence-corrected chi connectivity index (χ0v) is 16.2. The Bertz CT molecular complexity index is 609. The van der Waals surface area contributed by atoms with Crippen LogP contribution in [0.5, 0.6) is 5.75 Å². The highest BCUT2D eigenvalue weighted by molar-refractivity contribution is 6.30. The Labute approximate surface area is 160 Å². The number of hydrogen-bond acceptors (Lipinski definition) is 4. The molecular formula is C19H27ClN2O4. The molecule has 7 heteroatoms. The summed E-state index contributed by atoms with van der Waals surface area (Å²) in [6.45, 7) is 6.99. The second-order valence-corrected chi connectivity index (χ2v) is 7.18. The van der Waals surface area contributed by atoms with E-state index >= 15 is 0 Å². The van der Waals surface area contributed by atoms with Crippen LogP contribution in [-0.4, -0.2) is 61.2 Å². The van der Waals surface area contributed by atoms with Crippen molar-refractivity contribution >= 4 is 23.6 Å². The molecule has 0 unspecified atom stereocenters. The van der Waals surface area contributed by atoms with Crippen LogP contribution >= 0.6 is 11.6 Å². The molecule has 2 amide bonds. The molecule has 0 aliphatic carbocycles. The molecule has 1 aliphatic rings. The summed E-state index contributed by atoms with van der Waals surface area (Å²) in [5, 5.41) is 0.603. The van der Waals surface area contributed by atoms with Gasteiger partial charge in [-0.3, -0.25) is 4.79 Å². The van der Waals surface area contributed by atoms with E-state index in [1.807, 2.05) is 19.9 Å². The number of amides is 2. The lowest BCUT2D eigenvalue weighted by molar-refractivity contribution is -0.131. The number of ether oxygens (including phenoxy) is 2. The van der Waals surface area contributed by atoms with Crippen molar-refractivity contribution in [2.75, 3.05) is 39.4 Å². The van der Waals surface area contributed by atoms with Crippen LogP contribution < -0.4 is 4.74 Å². The van der Waals surface area contributed by atoms with Gasteiger partial charge < -0.3 is 19.3 Å². The normalized spacial score (nSPS) is 14.9. The van der Waals surface area contributed by atoms with Crippen molar-refractivity contribution < 1.29 is 19.1 Å². The lowest BCUT2D eigenvalue weighted by atomic mass is 10.2. The maximum absolute atomic E-state index is 12.4. The Morgan fingerprint density at radius 3 is 2.62 bits per heavy atom. The minimum atomic E-state index is -0.294. The van der Waals surface area contributed by atoms with Crippen molar-refractivity contribution in [2.45, 2.75) is 26.7 Å². The number of nitrogens with zero attached hydrogens (tertiary/aromatic N) is 2. The predicted octanol–water partition coefficient (Wildman–Crippen LogP) is 3.44. The van der Waals surface area contributed by atoms with E-state index in [4.69, 9.17) is 21.1 Å². The van der Waals surface area contributed by atoms with Crippen LogP contribution in [0.1, 0.15) is 26.7 Å². The Kier molecular flexibility index (Phi) is 8.04. The van der Waals surface area contributed by atoms with E-state index in [-0.39, 0.29) is 12.0 Å². The van der Waals surface area contributed by atoms with Gasteiger partial charge in [0.25, 0.3) is 0 Å². The quantitative estimate of drug-likeness (QED) is 0.756. The first-order chi connectivity index (χ1) is 12.5. The number of halogens is 1. The maximum Gasteiger partial charge on any atom is 0.409 e. The Hall–Kier alpha value is -1.95. The summed E-state index contributed by atoms with van der Waals surface area (Å²) >= 11 is 5.91. The van der Waals surface area contributed by atoms with Gasteiger partial charge in [-0.1, -0.05) is 31.5 Å². The molecule has 2 rings (SSSR count). The molecule has 144 valence electrons. The van der Waals surface area contributed by atoms with E-state index in [0.717, 1.165) is 6.42 Å². The molecule has 1 saturated heterocycles. The van der Waals surface area contributed by atoms with Crippen molar-refractivity contribution in [1.29, 1.82) is 0 Å². The molecule has 6 nitrogen and oxygen atoms in total. The molecule has 0 saturated carbocycles. The summed E-state index contributed by atoms with van der Waals surface area (Å²) in [5.74, 6) is 0.994. The third-order valence-corrected chi connectivity index (χ3v) is 4.26. The van der Waals surface area contributed by atoms with Crippen molar-refractivity contribution in [3.05, 3.63) is 29.3 Å². The molecule has 1 aromatic rings. The topological polar surface area (TPSA) is 59.1 Å². The van der Waals surface area contributed by atoms with E-state index in [1.54, 1.807) is 28.0 Å². The molecule has 0 radical (unpaired) electrons. The van der Waals surface area contributed by atoms with Gasteiger partial charge in [-0.25, -0.2) is 4.79 Å². The molecule has 0 aromatic heterocycles.